The van der Waals surface area contributed by atoms with Crippen molar-refractivity contribution in [3.05, 3.63) is 29.3 Å². The Morgan fingerprint density at radius 3 is 2.55 bits per heavy atom. The van der Waals surface area contributed by atoms with E-state index < -0.39 is 10.0 Å². The van der Waals surface area contributed by atoms with Gasteiger partial charge in [0, 0.05) is 11.9 Å². The monoisotopic (exact) mass is 361 g/mol. The summed E-state index contributed by atoms with van der Waals surface area (Å²) in [6, 6.07) is 5.52. The Hall–Kier alpha value is -0.390. The quantitative estimate of drug-likeness (QED) is 0.716. The Morgan fingerprint density at radius 2 is 1.95 bits per heavy atom. The molecule has 0 spiro atoms. The Labute approximate surface area is 131 Å². The standard InChI is InChI=1S/C15H24BrNO2S/c1-4-5-14(8-9-16)11-17-20(18,19)15-10-12(2)6-7-13(15)3/h6-7,10,14,17H,4-5,8-9,11H2,1-3H3. The van der Waals surface area contributed by atoms with Gasteiger partial charge in [-0.25, -0.2) is 13.1 Å². The second kappa shape index (κ2) is 8.15. The van der Waals surface area contributed by atoms with Crippen molar-refractivity contribution in [3.8, 4) is 0 Å². The van der Waals surface area contributed by atoms with E-state index in [9.17, 15) is 8.42 Å². The van der Waals surface area contributed by atoms with Gasteiger partial charge in [-0.2, -0.15) is 0 Å². The van der Waals surface area contributed by atoms with E-state index in [0.717, 1.165) is 35.7 Å². The second-order valence-electron chi connectivity index (χ2n) is 5.25. The highest BCUT2D eigenvalue weighted by Crippen LogP contribution is 2.18. The second-order valence-corrected chi connectivity index (χ2v) is 7.78. The van der Waals surface area contributed by atoms with Gasteiger partial charge >= 0.3 is 0 Å². The molecule has 5 heteroatoms. The van der Waals surface area contributed by atoms with Crippen LogP contribution in [-0.2, 0) is 10.0 Å². The molecule has 1 unspecified atom stereocenters. The number of sulfonamides is 1. The zero-order valence-electron chi connectivity index (χ0n) is 12.4. The maximum absolute atomic E-state index is 12.4. The number of halogens is 1. The molecule has 0 aromatic heterocycles. The molecule has 20 heavy (non-hydrogen) atoms. The van der Waals surface area contributed by atoms with E-state index >= 15 is 0 Å². The highest BCUT2D eigenvalue weighted by Gasteiger charge is 2.18. The third-order valence-corrected chi connectivity index (χ3v) is 5.43. The Morgan fingerprint density at radius 1 is 1.25 bits per heavy atom. The molecule has 0 fully saturated rings. The topological polar surface area (TPSA) is 46.2 Å². The lowest BCUT2D eigenvalue weighted by molar-refractivity contribution is 0.459. The number of hydrogen-bond donors (Lipinski definition) is 1. The summed E-state index contributed by atoms with van der Waals surface area (Å²) >= 11 is 3.43. The number of aryl methyl sites for hydroxylation is 2. The SMILES string of the molecule is CCCC(CCBr)CNS(=O)(=O)c1cc(C)ccc1C. The first-order chi connectivity index (χ1) is 9.40. The molecule has 0 aliphatic carbocycles. The molecule has 1 aromatic rings. The van der Waals surface area contributed by atoms with Gasteiger partial charge < -0.3 is 0 Å². The van der Waals surface area contributed by atoms with Crippen molar-refractivity contribution >= 4 is 26.0 Å². The van der Waals surface area contributed by atoms with E-state index in [1.165, 1.54) is 0 Å². The van der Waals surface area contributed by atoms with Gasteiger partial charge in [0.1, 0.15) is 0 Å². The van der Waals surface area contributed by atoms with E-state index in [1.54, 1.807) is 6.07 Å². The molecule has 0 saturated carbocycles. The van der Waals surface area contributed by atoms with Crippen LogP contribution < -0.4 is 4.72 Å². The molecule has 0 radical (unpaired) electrons. The molecular weight excluding hydrogens is 338 g/mol. The van der Waals surface area contributed by atoms with Crippen molar-refractivity contribution < 1.29 is 8.42 Å². The molecule has 0 bridgehead atoms. The molecule has 1 atom stereocenters. The summed E-state index contributed by atoms with van der Waals surface area (Å²) in [7, 11) is -3.41. The smallest absolute Gasteiger partial charge is 0.211 e. The average Bonchev–Trinajstić information content (AvgIpc) is 2.39. The molecule has 0 aliphatic heterocycles. The predicted octanol–water partition coefficient (Wildman–Crippen LogP) is 3.78. The van der Waals surface area contributed by atoms with Gasteiger partial charge in [0.2, 0.25) is 10.0 Å². The molecule has 0 aliphatic rings. The molecule has 3 nitrogen and oxygen atoms in total. The van der Waals surface area contributed by atoms with Gasteiger partial charge in [-0.3, -0.25) is 0 Å². The van der Waals surface area contributed by atoms with Crippen molar-refractivity contribution in [1.29, 1.82) is 0 Å². The van der Waals surface area contributed by atoms with E-state index in [2.05, 4.69) is 27.6 Å². The van der Waals surface area contributed by atoms with Crippen molar-refractivity contribution in [2.45, 2.75) is 44.9 Å². The molecule has 114 valence electrons. The van der Waals surface area contributed by atoms with Crippen LogP contribution in [-0.4, -0.2) is 20.3 Å². The third kappa shape index (κ3) is 5.19. The van der Waals surface area contributed by atoms with Crippen LogP contribution in [0.1, 0.15) is 37.3 Å². The fraction of sp³-hybridized carbons (Fsp3) is 0.600. The largest absolute Gasteiger partial charge is 0.240 e. The molecule has 0 saturated heterocycles. The van der Waals surface area contributed by atoms with Gasteiger partial charge in [-0.15, -0.1) is 0 Å². The number of rotatable bonds is 8. The summed E-state index contributed by atoms with van der Waals surface area (Å²) in [6.07, 6.45) is 3.10. The van der Waals surface area contributed by atoms with Gasteiger partial charge in [-0.05, 0) is 49.8 Å². The lowest BCUT2D eigenvalue weighted by atomic mass is 10.0. The predicted molar refractivity (Wildman–Crippen MR) is 87.9 cm³/mol. The number of hydrogen-bond acceptors (Lipinski definition) is 2. The van der Waals surface area contributed by atoms with Crippen LogP contribution in [0.2, 0.25) is 0 Å². The lowest BCUT2D eigenvalue weighted by Crippen LogP contribution is -2.30. The lowest BCUT2D eigenvalue weighted by Gasteiger charge is -2.16. The molecule has 0 amide bonds. The van der Waals surface area contributed by atoms with Crippen LogP contribution >= 0.6 is 15.9 Å². The fourth-order valence-electron chi connectivity index (χ4n) is 2.21. The summed E-state index contributed by atoms with van der Waals surface area (Å²) < 4.78 is 27.6. The van der Waals surface area contributed by atoms with Gasteiger partial charge in [-0.1, -0.05) is 41.4 Å². The van der Waals surface area contributed by atoms with Gasteiger partial charge in [0.25, 0.3) is 0 Å². The Kier molecular flexibility index (Phi) is 7.20. The minimum absolute atomic E-state index is 0.388. The summed E-state index contributed by atoms with van der Waals surface area (Å²) in [5, 5.41) is 0.906. The van der Waals surface area contributed by atoms with E-state index in [1.807, 2.05) is 26.0 Å². The minimum atomic E-state index is -3.41. The van der Waals surface area contributed by atoms with Crippen LogP contribution in [0.25, 0.3) is 0 Å². The minimum Gasteiger partial charge on any atom is -0.211 e. The van der Waals surface area contributed by atoms with Crippen molar-refractivity contribution in [2.24, 2.45) is 5.92 Å². The average molecular weight is 362 g/mol. The van der Waals surface area contributed by atoms with Crippen molar-refractivity contribution in [2.75, 3.05) is 11.9 Å². The van der Waals surface area contributed by atoms with Crippen LogP contribution in [0.3, 0.4) is 0 Å². The summed E-state index contributed by atoms with van der Waals surface area (Å²) in [6.45, 7) is 6.37. The summed E-state index contributed by atoms with van der Waals surface area (Å²) in [5.74, 6) is 0.388. The number of nitrogens with one attached hydrogen (secondary N) is 1. The Balaban J connectivity index is 2.81. The maximum atomic E-state index is 12.4. The van der Waals surface area contributed by atoms with Crippen molar-refractivity contribution in [3.63, 3.8) is 0 Å². The summed E-state index contributed by atoms with van der Waals surface area (Å²) in [5.41, 5.74) is 1.75. The normalized spacial score (nSPS) is 13.4. The van der Waals surface area contributed by atoms with E-state index in [-0.39, 0.29) is 0 Å². The number of alkyl halides is 1. The van der Waals surface area contributed by atoms with Crippen molar-refractivity contribution in [1.82, 2.24) is 4.72 Å². The number of benzene rings is 1. The molecule has 1 N–H and O–H groups in total. The summed E-state index contributed by atoms with van der Waals surface area (Å²) in [4.78, 5) is 0.395. The van der Waals surface area contributed by atoms with E-state index in [4.69, 9.17) is 0 Å². The first-order valence-corrected chi connectivity index (χ1v) is 9.64. The fourth-order valence-corrected chi connectivity index (χ4v) is 4.30. The maximum Gasteiger partial charge on any atom is 0.240 e. The first kappa shape index (κ1) is 17.7. The zero-order valence-corrected chi connectivity index (χ0v) is 14.9. The van der Waals surface area contributed by atoms with Crippen LogP contribution in [0, 0.1) is 19.8 Å². The highest BCUT2D eigenvalue weighted by atomic mass is 79.9. The first-order valence-electron chi connectivity index (χ1n) is 7.03. The zero-order chi connectivity index (χ0) is 15.2. The third-order valence-electron chi connectivity index (χ3n) is 3.41. The highest BCUT2D eigenvalue weighted by molar-refractivity contribution is 9.09. The van der Waals surface area contributed by atoms with Crippen LogP contribution in [0.15, 0.2) is 23.1 Å². The van der Waals surface area contributed by atoms with E-state index in [0.29, 0.717) is 17.4 Å². The molecule has 1 rings (SSSR count). The van der Waals surface area contributed by atoms with Crippen LogP contribution in [0.4, 0.5) is 0 Å². The van der Waals surface area contributed by atoms with Crippen LogP contribution in [0.5, 0.6) is 0 Å². The molecule has 1 aromatic carbocycles. The Bertz CT molecular complexity index is 523. The van der Waals surface area contributed by atoms with Gasteiger partial charge in [0.05, 0.1) is 4.90 Å². The van der Waals surface area contributed by atoms with Gasteiger partial charge in [0.15, 0.2) is 0 Å². The molecular formula is C15H24BrNO2S. The molecule has 0 heterocycles.